The Balaban J connectivity index is 2.36. The molecule has 2 heterocycles. The minimum absolute atomic E-state index is 0.0200. The normalized spacial score (nSPS) is 11.3. The van der Waals surface area contributed by atoms with Crippen molar-refractivity contribution in [1.82, 2.24) is 14.5 Å². The van der Waals surface area contributed by atoms with E-state index in [9.17, 15) is 13.2 Å². The van der Waals surface area contributed by atoms with Crippen LogP contribution in [0.4, 0.5) is 13.2 Å². The minimum Gasteiger partial charge on any atom is -0.277 e. The molecule has 0 aliphatic rings. The van der Waals surface area contributed by atoms with Crippen LogP contribution < -0.4 is 0 Å². The topological polar surface area (TPSA) is 30.7 Å². The van der Waals surface area contributed by atoms with Gasteiger partial charge in [0.15, 0.2) is 23.1 Å². The van der Waals surface area contributed by atoms with Crippen LogP contribution in [0, 0.1) is 24.4 Å². The molecule has 0 aliphatic carbocycles. The molecule has 0 radical (unpaired) electrons. The first-order valence-electron chi connectivity index (χ1n) is 6.06. The molecule has 7 heteroatoms. The minimum atomic E-state index is -1.54. The van der Waals surface area contributed by atoms with Crippen LogP contribution in [0.1, 0.15) is 11.4 Å². The molecule has 0 saturated carbocycles. The maximum atomic E-state index is 14.0. The number of halogens is 4. The first-order chi connectivity index (χ1) is 10.0. The highest BCUT2D eigenvalue weighted by Gasteiger charge is 2.20. The highest BCUT2D eigenvalue weighted by molar-refractivity contribution is 6.16. The Labute approximate surface area is 123 Å². The Morgan fingerprint density at radius 3 is 2.67 bits per heavy atom. The van der Waals surface area contributed by atoms with Gasteiger partial charge in [0, 0.05) is 6.20 Å². The average Bonchev–Trinajstić information content (AvgIpc) is 2.82. The molecule has 3 aromatic rings. The molecule has 3 rings (SSSR count). The van der Waals surface area contributed by atoms with Gasteiger partial charge in [-0.1, -0.05) is 0 Å². The number of fused-ring (bicyclic) bond motifs is 1. The summed E-state index contributed by atoms with van der Waals surface area (Å²) < 4.78 is 41.8. The van der Waals surface area contributed by atoms with E-state index in [2.05, 4.69) is 9.97 Å². The van der Waals surface area contributed by atoms with E-state index in [1.807, 2.05) is 6.92 Å². The van der Waals surface area contributed by atoms with Crippen LogP contribution in [0.2, 0.25) is 0 Å². The summed E-state index contributed by atoms with van der Waals surface area (Å²) in [6.45, 7) is 1.84. The van der Waals surface area contributed by atoms with E-state index >= 15 is 0 Å². The maximum Gasteiger partial charge on any atom is 0.196 e. The Morgan fingerprint density at radius 2 is 1.95 bits per heavy atom. The second-order valence-corrected chi connectivity index (χ2v) is 4.81. The lowest BCUT2D eigenvalue weighted by Crippen LogP contribution is -2.05. The van der Waals surface area contributed by atoms with Crippen molar-refractivity contribution in [2.24, 2.45) is 0 Å². The number of aromatic nitrogens is 3. The predicted molar refractivity (Wildman–Crippen MR) is 73.0 cm³/mol. The van der Waals surface area contributed by atoms with Gasteiger partial charge in [0.25, 0.3) is 0 Å². The fourth-order valence-electron chi connectivity index (χ4n) is 2.14. The molecule has 21 heavy (non-hydrogen) atoms. The standard InChI is InChI=1S/C14H9ClF3N3/c1-7-4-9-14(19-6-7)21(11(5-15)20-9)10-3-2-8(16)12(17)13(10)18/h2-4,6H,5H2,1H3. The van der Waals surface area contributed by atoms with Gasteiger partial charge >= 0.3 is 0 Å². The van der Waals surface area contributed by atoms with Gasteiger partial charge in [-0.15, -0.1) is 11.6 Å². The average molecular weight is 312 g/mol. The van der Waals surface area contributed by atoms with E-state index in [0.29, 0.717) is 17.0 Å². The number of nitrogens with zero attached hydrogens (tertiary/aromatic N) is 3. The lowest BCUT2D eigenvalue weighted by Gasteiger charge is -2.09. The second kappa shape index (κ2) is 5.04. The maximum absolute atomic E-state index is 14.0. The van der Waals surface area contributed by atoms with Gasteiger partial charge < -0.3 is 0 Å². The summed E-state index contributed by atoms with van der Waals surface area (Å²) in [5.41, 5.74) is 1.54. The van der Waals surface area contributed by atoms with Crippen molar-refractivity contribution in [3.05, 3.63) is 53.2 Å². The number of rotatable bonds is 2. The molecule has 0 aliphatic heterocycles. The van der Waals surface area contributed by atoms with Crippen LogP contribution in [0.3, 0.4) is 0 Å². The van der Waals surface area contributed by atoms with E-state index in [4.69, 9.17) is 11.6 Å². The van der Waals surface area contributed by atoms with Crippen LogP contribution in [-0.2, 0) is 5.88 Å². The second-order valence-electron chi connectivity index (χ2n) is 4.55. The third-order valence-electron chi connectivity index (χ3n) is 3.08. The van der Waals surface area contributed by atoms with Gasteiger partial charge in [-0.05, 0) is 30.7 Å². The molecule has 0 N–H and O–H groups in total. The molecule has 0 atom stereocenters. The fraction of sp³-hybridized carbons (Fsp3) is 0.143. The lowest BCUT2D eigenvalue weighted by atomic mass is 10.2. The molecular weight excluding hydrogens is 303 g/mol. The number of hydrogen-bond donors (Lipinski definition) is 0. The van der Waals surface area contributed by atoms with Gasteiger partial charge in [0.2, 0.25) is 0 Å². The SMILES string of the molecule is Cc1cnc2c(c1)nc(CCl)n2-c1ccc(F)c(F)c1F. The molecule has 3 nitrogen and oxygen atoms in total. The summed E-state index contributed by atoms with van der Waals surface area (Å²) in [6.07, 6.45) is 1.58. The zero-order chi connectivity index (χ0) is 15.1. The third kappa shape index (κ3) is 2.15. The molecule has 0 amide bonds. The summed E-state index contributed by atoms with van der Waals surface area (Å²) in [7, 11) is 0. The van der Waals surface area contributed by atoms with Gasteiger partial charge in [-0.25, -0.2) is 23.1 Å². The summed E-state index contributed by atoms with van der Waals surface area (Å²) in [6, 6.07) is 3.74. The van der Waals surface area contributed by atoms with Gasteiger partial charge in [-0.3, -0.25) is 4.57 Å². The van der Waals surface area contributed by atoms with E-state index in [1.54, 1.807) is 12.3 Å². The van der Waals surface area contributed by atoms with Crippen LogP contribution in [-0.4, -0.2) is 14.5 Å². The largest absolute Gasteiger partial charge is 0.277 e. The molecule has 0 bridgehead atoms. The number of imidazole rings is 1. The summed E-state index contributed by atoms with van der Waals surface area (Å²) in [5, 5.41) is 0. The molecule has 0 saturated heterocycles. The van der Waals surface area contributed by atoms with Crippen molar-refractivity contribution in [3.63, 3.8) is 0 Å². The Morgan fingerprint density at radius 1 is 1.19 bits per heavy atom. The molecule has 2 aromatic heterocycles. The molecular formula is C14H9ClF3N3. The number of alkyl halides is 1. The highest BCUT2D eigenvalue weighted by Crippen LogP contribution is 2.25. The Kier molecular flexibility index (Phi) is 3.33. The molecule has 0 unspecified atom stereocenters. The van der Waals surface area contributed by atoms with Gasteiger partial charge in [0.05, 0.1) is 11.6 Å². The number of aryl methyl sites for hydroxylation is 1. The molecule has 0 fully saturated rings. The number of hydrogen-bond acceptors (Lipinski definition) is 2. The van der Waals surface area contributed by atoms with Crippen molar-refractivity contribution in [2.75, 3.05) is 0 Å². The van der Waals surface area contributed by atoms with E-state index < -0.39 is 17.5 Å². The van der Waals surface area contributed by atoms with Crippen LogP contribution in [0.5, 0.6) is 0 Å². The number of benzene rings is 1. The summed E-state index contributed by atoms with van der Waals surface area (Å²) in [4.78, 5) is 8.43. The van der Waals surface area contributed by atoms with Gasteiger partial charge in [0.1, 0.15) is 11.3 Å². The van der Waals surface area contributed by atoms with Crippen molar-refractivity contribution < 1.29 is 13.2 Å². The first kappa shape index (κ1) is 13.9. The monoisotopic (exact) mass is 311 g/mol. The van der Waals surface area contributed by atoms with Crippen LogP contribution >= 0.6 is 11.6 Å². The van der Waals surface area contributed by atoms with Crippen molar-refractivity contribution in [1.29, 1.82) is 0 Å². The highest BCUT2D eigenvalue weighted by atomic mass is 35.5. The quantitative estimate of drug-likeness (QED) is 0.531. The van der Waals surface area contributed by atoms with Gasteiger partial charge in [-0.2, -0.15) is 0 Å². The third-order valence-corrected chi connectivity index (χ3v) is 3.32. The van der Waals surface area contributed by atoms with E-state index in [0.717, 1.165) is 17.7 Å². The predicted octanol–water partition coefficient (Wildman–Crippen LogP) is 3.89. The lowest BCUT2D eigenvalue weighted by molar-refractivity contribution is 0.444. The Hall–Kier alpha value is -2.08. The first-order valence-corrected chi connectivity index (χ1v) is 6.60. The summed E-state index contributed by atoms with van der Waals surface area (Å²) >= 11 is 5.82. The van der Waals surface area contributed by atoms with Crippen LogP contribution in [0.25, 0.3) is 16.9 Å². The zero-order valence-corrected chi connectivity index (χ0v) is 11.6. The van der Waals surface area contributed by atoms with Crippen LogP contribution in [0.15, 0.2) is 24.4 Å². The molecule has 108 valence electrons. The molecule has 0 spiro atoms. The number of pyridine rings is 1. The van der Waals surface area contributed by atoms with Crippen molar-refractivity contribution >= 4 is 22.8 Å². The summed E-state index contributed by atoms with van der Waals surface area (Å²) in [5.74, 6) is -3.81. The van der Waals surface area contributed by atoms with Crippen molar-refractivity contribution in [2.45, 2.75) is 12.8 Å². The Bertz CT molecular complexity index is 845. The van der Waals surface area contributed by atoms with E-state index in [-0.39, 0.29) is 11.6 Å². The smallest absolute Gasteiger partial charge is 0.196 e. The van der Waals surface area contributed by atoms with E-state index in [1.165, 1.54) is 4.57 Å². The van der Waals surface area contributed by atoms with Crippen molar-refractivity contribution in [3.8, 4) is 5.69 Å². The fourth-order valence-corrected chi connectivity index (χ4v) is 2.32. The molecule has 1 aromatic carbocycles. The zero-order valence-electron chi connectivity index (χ0n) is 10.9.